The summed E-state index contributed by atoms with van der Waals surface area (Å²) in [7, 11) is 0. The van der Waals surface area contributed by atoms with Crippen molar-refractivity contribution in [1.29, 1.82) is 0 Å². The van der Waals surface area contributed by atoms with Gasteiger partial charge in [0.1, 0.15) is 0 Å². The van der Waals surface area contributed by atoms with Crippen molar-refractivity contribution in [2.45, 2.75) is 33.5 Å². The van der Waals surface area contributed by atoms with Crippen LogP contribution in [0.5, 0.6) is 0 Å². The molecule has 0 aliphatic rings. The topological polar surface area (TPSA) is 105 Å². The molecule has 0 atom stereocenters. The van der Waals surface area contributed by atoms with Crippen molar-refractivity contribution in [3.05, 3.63) is 103 Å². The predicted molar refractivity (Wildman–Crippen MR) is 121 cm³/mol. The monoisotopic (exact) mass is 433 g/mol. The Kier molecular flexibility index (Phi) is 5.72. The first kappa shape index (κ1) is 21.2. The zero-order valence-electron chi connectivity index (χ0n) is 17.8. The summed E-state index contributed by atoms with van der Waals surface area (Å²) in [5.74, 6) is 0.270. The van der Waals surface area contributed by atoms with Crippen LogP contribution in [0.3, 0.4) is 0 Å². The zero-order chi connectivity index (χ0) is 22.8. The van der Waals surface area contributed by atoms with Crippen LogP contribution in [-0.4, -0.2) is 23.6 Å². The molecular formula is C23H23N5O4. The van der Waals surface area contributed by atoms with Crippen LogP contribution >= 0.6 is 0 Å². The second kappa shape index (κ2) is 8.62. The van der Waals surface area contributed by atoms with Crippen molar-refractivity contribution in [2.24, 2.45) is 5.92 Å². The van der Waals surface area contributed by atoms with Gasteiger partial charge in [0.25, 0.3) is 11.2 Å². The Morgan fingerprint density at radius 2 is 1.66 bits per heavy atom. The maximum atomic E-state index is 13.4. The fourth-order valence-corrected chi connectivity index (χ4v) is 3.77. The molecule has 0 bridgehead atoms. The van der Waals surface area contributed by atoms with E-state index in [0.29, 0.717) is 23.3 Å². The summed E-state index contributed by atoms with van der Waals surface area (Å²) in [5, 5.41) is 11.1. The molecule has 0 spiro atoms. The molecule has 2 heterocycles. The smallest absolute Gasteiger partial charge is 0.324 e. The summed E-state index contributed by atoms with van der Waals surface area (Å²) in [6, 6.07) is 15.4. The van der Waals surface area contributed by atoms with Gasteiger partial charge in [-0.1, -0.05) is 56.3 Å². The molecule has 164 valence electrons. The number of non-ortho nitro benzene ring substituents is 1. The molecule has 0 fully saturated rings. The SMILES string of the molecule is CC(C)Cn1cnc2c1c(=O)n(Cc1cccc([N+](=O)[O-])c1)c(=O)n2Cc1ccccc1. The second-order valence-electron chi connectivity index (χ2n) is 8.14. The van der Waals surface area contributed by atoms with Gasteiger partial charge in [-0.15, -0.1) is 0 Å². The number of fused-ring (bicyclic) bond motifs is 1. The molecule has 0 aliphatic heterocycles. The highest BCUT2D eigenvalue weighted by Crippen LogP contribution is 2.15. The first-order chi connectivity index (χ1) is 15.3. The third-order valence-corrected chi connectivity index (χ3v) is 5.19. The van der Waals surface area contributed by atoms with E-state index in [0.717, 1.165) is 10.1 Å². The molecule has 4 rings (SSSR count). The lowest BCUT2D eigenvalue weighted by Crippen LogP contribution is -2.41. The molecule has 0 saturated heterocycles. The maximum Gasteiger partial charge on any atom is 0.333 e. The molecule has 0 unspecified atom stereocenters. The van der Waals surface area contributed by atoms with Crippen LogP contribution in [0.2, 0.25) is 0 Å². The Hall–Kier alpha value is -4.01. The highest BCUT2D eigenvalue weighted by atomic mass is 16.6. The Balaban J connectivity index is 1.91. The Labute approximate surface area is 183 Å². The number of hydrogen-bond donors (Lipinski definition) is 0. The lowest BCUT2D eigenvalue weighted by atomic mass is 10.2. The van der Waals surface area contributed by atoms with Gasteiger partial charge >= 0.3 is 5.69 Å². The number of nitro groups is 1. The Morgan fingerprint density at radius 1 is 0.969 bits per heavy atom. The van der Waals surface area contributed by atoms with Crippen LogP contribution in [0.25, 0.3) is 11.2 Å². The van der Waals surface area contributed by atoms with Gasteiger partial charge in [-0.2, -0.15) is 0 Å². The van der Waals surface area contributed by atoms with Gasteiger partial charge in [0, 0.05) is 18.7 Å². The third kappa shape index (κ3) is 4.09. The van der Waals surface area contributed by atoms with E-state index >= 15 is 0 Å². The van der Waals surface area contributed by atoms with Crippen LogP contribution in [0, 0.1) is 16.0 Å². The van der Waals surface area contributed by atoms with Crippen molar-refractivity contribution in [2.75, 3.05) is 0 Å². The minimum absolute atomic E-state index is 0.0725. The lowest BCUT2D eigenvalue weighted by molar-refractivity contribution is -0.384. The van der Waals surface area contributed by atoms with Gasteiger partial charge in [0.2, 0.25) is 0 Å². The molecule has 0 saturated carbocycles. The summed E-state index contributed by atoms with van der Waals surface area (Å²) >= 11 is 0. The number of hydrogen-bond acceptors (Lipinski definition) is 5. The number of benzene rings is 2. The predicted octanol–water partition coefficient (Wildman–Crippen LogP) is 3.02. The number of imidazole rings is 1. The van der Waals surface area contributed by atoms with E-state index < -0.39 is 16.2 Å². The first-order valence-corrected chi connectivity index (χ1v) is 10.3. The number of nitro benzene ring substituents is 1. The second-order valence-corrected chi connectivity index (χ2v) is 8.14. The van der Waals surface area contributed by atoms with E-state index in [1.165, 1.54) is 16.7 Å². The number of rotatable bonds is 7. The molecule has 4 aromatic rings. The fourth-order valence-electron chi connectivity index (χ4n) is 3.77. The van der Waals surface area contributed by atoms with Crippen LogP contribution < -0.4 is 11.2 Å². The zero-order valence-corrected chi connectivity index (χ0v) is 17.8. The summed E-state index contributed by atoms with van der Waals surface area (Å²) < 4.78 is 4.39. The van der Waals surface area contributed by atoms with Crippen molar-refractivity contribution >= 4 is 16.9 Å². The molecule has 0 amide bonds. The molecule has 0 aliphatic carbocycles. The minimum atomic E-state index is -0.507. The van der Waals surface area contributed by atoms with E-state index in [4.69, 9.17) is 0 Å². The molecule has 9 heteroatoms. The first-order valence-electron chi connectivity index (χ1n) is 10.3. The third-order valence-electron chi connectivity index (χ3n) is 5.19. The van der Waals surface area contributed by atoms with E-state index in [9.17, 15) is 19.7 Å². The lowest BCUT2D eigenvalue weighted by Gasteiger charge is -2.13. The normalized spacial score (nSPS) is 11.3. The van der Waals surface area contributed by atoms with Gasteiger partial charge in [0.05, 0.1) is 24.3 Å². The van der Waals surface area contributed by atoms with Crippen LogP contribution in [0.1, 0.15) is 25.0 Å². The summed E-state index contributed by atoms with van der Waals surface area (Å²) in [6.45, 7) is 4.83. The molecule has 2 aromatic carbocycles. The van der Waals surface area contributed by atoms with Gasteiger partial charge in [0.15, 0.2) is 11.2 Å². The summed E-state index contributed by atoms with van der Waals surface area (Å²) in [4.78, 5) is 41.8. The average molecular weight is 433 g/mol. The maximum absolute atomic E-state index is 13.4. The minimum Gasteiger partial charge on any atom is -0.324 e. The van der Waals surface area contributed by atoms with E-state index in [-0.39, 0.29) is 24.7 Å². The highest BCUT2D eigenvalue weighted by molar-refractivity contribution is 5.70. The molecule has 0 N–H and O–H groups in total. The van der Waals surface area contributed by atoms with Crippen molar-refractivity contribution in [1.82, 2.24) is 18.7 Å². The highest BCUT2D eigenvalue weighted by Gasteiger charge is 2.19. The molecule has 9 nitrogen and oxygen atoms in total. The van der Waals surface area contributed by atoms with Gasteiger partial charge in [-0.05, 0) is 17.0 Å². The molecule has 32 heavy (non-hydrogen) atoms. The molecule has 0 radical (unpaired) electrons. The van der Waals surface area contributed by atoms with Crippen molar-refractivity contribution in [3.8, 4) is 0 Å². The molecular weight excluding hydrogens is 410 g/mol. The Morgan fingerprint density at radius 3 is 2.34 bits per heavy atom. The van der Waals surface area contributed by atoms with Crippen LogP contribution in [0.4, 0.5) is 5.69 Å². The molecule has 2 aromatic heterocycles. The van der Waals surface area contributed by atoms with E-state index in [1.807, 2.05) is 44.2 Å². The number of aromatic nitrogens is 4. The van der Waals surface area contributed by atoms with Crippen LogP contribution in [-0.2, 0) is 19.6 Å². The van der Waals surface area contributed by atoms with Gasteiger partial charge in [-0.3, -0.25) is 24.0 Å². The van der Waals surface area contributed by atoms with E-state index in [2.05, 4.69) is 4.98 Å². The van der Waals surface area contributed by atoms with E-state index in [1.54, 1.807) is 23.0 Å². The number of nitrogens with zero attached hydrogens (tertiary/aromatic N) is 5. The van der Waals surface area contributed by atoms with Gasteiger partial charge < -0.3 is 4.57 Å². The largest absolute Gasteiger partial charge is 0.333 e. The summed E-state index contributed by atoms with van der Waals surface area (Å²) in [6.07, 6.45) is 1.59. The van der Waals surface area contributed by atoms with Gasteiger partial charge in [-0.25, -0.2) is 9.78 Å². The quantitative estimate of drug-likeness (QED) is 0.329. The Bertz CT molecular complexity index is 1400. The van der Waals surface area contributed by atoms with Crippen molar-refractivity contribution in [3.63, 3.8) is 0 Å². The summed E-state index contributed by atoms with van der Waals surface area (Å²) in [5.41, 5.74) is 1.02. The van der Waals surface area contributed by atoms with Crippen LogP contribution in [0.15, 0.2) is 70.5 Å². The van der Waals surface area contributed by atoms with Crippen molar-refractivity contribution < 1.29 is 4.92 Å². The fraction of sp³-hybridized carbons (Fsp3) is 0.261. The standard InChI is InChI=1S/C23H23N5O4/c1-16(2)12-25-15-24-21-20(25)22(29)27(14-18-9-6-10-19(11-18)28(31)32)23(30)26(21)13-17-7-4-3-5-8-17/h3-11,15-16H,12-14H2,1-2H3. The average Bonchev–Trinajstić information content (AvgIpc) is 3.18.